The number of nitrogens with two attached hydrogens (primary N) is 1. The maximum Gasteiger partial charge on any atom is 0.229 e. The Balaban J connectivity index is 0.000000868. The van der Waals surface area contributed by atoms with Crippen molar-refractivity contribution in [2.24, 2.45) is 16.6 Å². The zero-order chi connectivity index (χ0) is 17.8. The molecular formula is C16H22F4N2O. The van der Waals surface area contributed by atoms with Gasteiger partial charge in [-0.25, -0.2) is 17.6 Å². The zero-order valence-corrected chi connectivity index (χ0v) is 13.1. The Bertz CT molecular complexity index is 521. The van der Waals surface area contributed by atoms with Crippen LogP contribution in [0.5, 0.6) is 0 Å². The van der Waals surface area contributed by atoms with Gasteiger partial charge in [0.2, 0.25) is 6.93 Å². The zero-order valence-electron chi connectivity index (χ0n) is 13.1. The van der Waals surface area contributed by atoms with Gasteiger partial charge in [0.1, 0.15) is 0 Å². The quantitative estimate of drug-likeness (QED) is 0.831. The largest absolute Gasteiger partial charge is 0.396 e. The summed E-state index contributed by atoms with van der Waals surface area (Å²) >= 11 is 0. The van der Waals surface area contributed by atoms with Crippen LogP contribution in [0.2, 0.25) is 0 Å². The number of aliphatic imine (C=N–C) groups is 1. The number of aliphatic hydroxyl groups is 1. The lowest BCUT2D eigenvalue weighted by atomic mass is 9.98. The number of hydrogen-bond donors (Lipinski definition) is 2. The van der Waals surface area contributed by atoms with Crippen molar-refractivity contribution in [3.05, 3.63) is 47.5 Å². The molecular weight excluding hydrogens is 312 g/mol. The predicted molar refractivity (Wildman–Crippen MR) is 83.7 cm³/mol. The fourth-order valence-electron chi connectivity index (χ4n) is 1.77. The topological polar surface area (TPSA) is 58.6 Å². The van der Waals surface area contributed by atoms with Crippen molar-refractivity contribution in [3.8, 4) is 0 Å². The van der Waals surface area contributed by atoms with Crippen molar-refractivity contribution in [2.75, 3.05) is 20.1 Å². The van der Waals surface area contributed by atoms with Gasteiger partial charge in [-0.2, -0.15) is 0 Å². The van der Waals surface area contributed by atoms with Gasteiger partial charge >= 0.3 is 0 Å². The smallest absolute Gasteiger partial charge is 0.229 e. The van der Waals surface area contributed by atoms with Gasteiger partial charge in [-0.3, -0.25) is 4.99 Å². The molecule has 0 saturated heterocycles. The van der Waals surface area contributed by atoms with Gasteiger partial charge in [0.05, 0.1) is 18.4 Å². The van der Waals surface area contributed by atoms with E-state index >= 15 is 0 Å². The highest BCUT2D eigenvalue weighted by molar-refractivity contribution is 6.00. The van der Waals surface area contributed by atoms with E-state index in [4.69, 9.17) is 10.8 Å². The number of benzene rings is 1. The van der Waals surface area contributed by atoms with Crippen LogP contribution in [-0.4, -0.2) is 30.9 Å². The summed E-state index contributed by atoms with van der Waals surface area (Å²) in [6.45, 7) is 2.74. The SMILES string of the molecule is CC.FCF.NC(C1=NCC(CO)C=C1)c1ccc(F)c(F)c1. The summed E-state index contributed by atoms with van der Waals surface area (Å²) in [5.74, 6) is -1.81. The average Bonchev–Trinajstić information content (AvgIpc) is 2.59. The molecule has 0 aromatic heterocycles. The lowest BCUT2D eigenvalue weighted by Gasteiger charge is -2.18. The second kappa shape index (κ2) is 11.8. The lowest BCUT2D eigenvalue weighted by Crippen LogP contribution is -2.24. The molecule has 2 atom stereocenters. The fourth-order valence-corrected chi connectivity index (χ4v) is 1.77. The third-order valence-electron chi connectivity index (χ3n) is 2.90. The Hall–Kier alpha value is -1.73. The van der Waals surface area contributed by atoms with E-state index in [1.54, 1.807) is 6.08 Å². The molecule has 23 heavy (non-hydrogen) atoms. The molecule has 130 valence electrons. The van der Waals surface area contributed by atoms with Crippen molar-refractivity contribution in [3.63, 3.8) is 0 Å². The highest BCUT2D eigenvalue weighted by atomic mass is 19.3. The maximum atomic E-state index is 13.1. The van der Waals surface area contributed by atoms with Gasteiger partial charge in [0, 0.05) is 12.5 Å². The van der Waals surface area contributed by atoms with Crippen LogP contribution in [0.15, 0.2) is 35.3 Å². The standard InChI is InChI=1S/C13H14F2N2O.C2H6.CH2F2/c14-10-3-2-9(5-11(10)15)13(16)12-4-1-8(7-18)6-17-12;1-2;2-1-3/h1-5,8,13,18H,6-7,16H2;1-2H3;1H2. The molecule has 0 amide bonds. The number of dihydropyridines is 1. The minimum Gasteiger partial charge on any atom is -0.396 e. The molecule has 0 radical (unpaired) electrons. The van der Waals surface area contributed by atoms with E-state index in [2.05, 4.69) is 4.99 Å². The van der Waals surface area contributed by atoms with E-state index in [9.17, 15) is 17.6 Å². The Kier molecular flexibility index (Phi) is 10.9. The van der Waals surface area contributed by atoms with Crippen LogP contribution in [0.3, 0.4) is 0 Å². The predicted octanol–water partition coefficient (Wildman–Crippen LogP) is 3.49. The molecule has 0 aliphatic carbocycles. The van der Waals surface area contributed by atoms with Crippen molar-refractivity contribution in [2.45, 2.75) is 19.9 Å². The molecule has 1 aromatic rings. The summed E-state index contributed by atoms with van der Waals surface area (Å²) < 4.78 is 45.2. The Labute approximate surface area is 133 Å². The molecule has 0 fully saturated rings. The van der Waals surface area contributed by atoms with E-state index < -0.39 is 24.6 Å². The van der Waals surface area contributed by atoms with Crippen LogP contribution in [0.25, 0.3) is 0 Å². The minimum absolute atomic E-state index is 0.00547. The summed E-state index contributed by atoms with van der Waals surface area (Å²) in [7, 11) is 0. The second-order valence-electron chi connectivity index (χ2n) is 4.32. The monoisotopic (exact) mass is 334 g/mol. The summed E-state index contributed by atoms with van der Waals surface area (Å²) in [5, 5.41) is 8.96. The lowest BCUT2D eigenvalue weighted by molar-refractivity contribution is 0.255. The summed E-state index contributed by atoms with van der Waals surface area (Å²) in [6.07, 6.45) is 3.54. The number of hydrogen-bond acceptors (Lipinski definition) is 3. The van der Waals surface area contributed by atoms with E-state index in [1.165, 1.54) is 6.07 Å². The fraction of sp³-hybridized carbons (Fsp3) is 0.438. The van der Waals surface area contributed by atoms with E-state index in [1.807, 2.05) is 19.9 Å². The average molecular weight is 334 g/mol. The first-order chi connectivity index (χ1) is 11.0. The van der Waals surface area contributed by atoms with Crippen LogP contribution >= 0.6 is 0 Å². The maximum absolute atomic E-state index is 13.1. The normalized spacial score (nSPS) is 17.2. The van der Waals surface area contributed by atoms with Gasteiger partial charge in [0.15, 0.2) is 11.6 Å². The number of nitrogens with zero attached hydrogens (tertiary/aromatic N) is 1. The molecule has 0 spiro atoms. The molecule has 0 bridgehead atoms. The summed E-state index contributed by atoms with van der Waals surface area (Å²) in [5.41, 5.74) is 7.02. The van der Waals surface area contributed by atoms with E-state index in [0.717, 1.165) is 12.1 Å². The molecule has 0 saturated carbocycles. The third-order valence-corrected chi connectivity index (χ3v) is 2.90. The number of aliphatic hydroxyl groups excluding tert-OH is 1. The molecule has 1 aromatic carbocycles. The van der Waals surface area contributed by atoms with Crippen LogP contribution < -0.4 is 5.73 Å². The molecule has 1 heterocycles. The number of alkyl halides is 2. The van der Waals surface area contributed by atoms with Gasteiger partial charge in [0.25, 0.3) is 0 Å². The molecule has 2 unspecified atom stereocenters. The Morgan fingerprint density at radius 2 is 1.87 bits per heavy atom. The van der Waals surface area contributed by atoms with Gasteiger partial charge in [-0.05, 0) is 23.8 Å². The van der Waals surface area contributed by atoms with Crippen LogP contribution in [-0.2, 0) is 0 Å². The summed E-state index contributed by atoms with van der Waals surface area (Å²) in [6, 6.07) is 2.98. The Morgan fingerprint density at radius 3 is 2.30 bits per heavy atom. The number of halogens is 4. The van der Waals surface area contributed by atoms with E-state index in [0.29, 0.717) is 17.8 Å². The van der Waals surface area contributed by atoms with Gasteiger partial charge in [-0.1, -0.05) is 26.0 Å². The Morgan fingerprint density at radius 1 is 1.26 bits per heavy atom. The van der Waals surface area contributed by atoms with E-state index in [-0.39, 0.29) is 12.5 Å². The second-order valence-corrected chi connectivity index (χ2v) is 4.32. The highest BCUT2D eigenvalue weighted by Gasteiger charge is 2.17. The van der Waals surface area contributed by atoms with Crippen LogP contribution in [0.4, 0.5) is 17.6 Å². The van der Waals surface area contributed by atoms with Gasteiger partial charge < -0.3 is 10.8 Å². The minimum atomic E-state index is -1.75. The molecule has 3 N–H and O–H groups in total. The molecule has 3 nitrogen and oxygen atoms in total. The van der Waals surface area contributed by atoms with Crippen LogP contribution in [0, 0.1) is 17.6 Å². The van der Waals surface area contributed by atoms with Crippen molar-refractivity contribution >= 4 is 5.71 Å². The summed E-state index contributed by atoms with van der Waals surface area (Å²) in [4.78, 5) is 4.24. The van der Waals surface area contributed by atoms with Gasteiger partial charge in [-0.15, -0.1) is 0 Å². The molecule has 2 rings (SSSR count). The first-order valence-corrected chi connectivity index (χ1v) is 7.19. The van der Waals surface area contributed by atoms with Crippen molar-refractivity contribution in [1.82, 2.24) is 0 Å². The van der Waals surface area contributed by atoms with Crippen LogP contribution in [0.1, 0.15) is 25.5 Å². The third kappa shape index (κ3) is 6.92. The van der Waals surface area contributed by atoms with Crippen molar-refractivity contribution in [1.29, 1.82) is 0 Å². The number of rotatable bonds is 3. The van der Waals surface area contributed by atoms with Crippen molar-refractivity contribution < 1.29 is 22.7 Å². The first kappa shape index (κ1) is 21.3. The highest BCUT2D eigenvalue weighted by Crippen LogP contribution is 2.19. The molecule has 1 aliphatic rings. The molecule has 1 aliphatic heterocycles. The molecule has 7 heteroatoms. The first-order valence-electron chi connectivity index (χ1n) is 7.19.